The molecule has 0 aliphatic heterocycles. The molecule has 0 aliphatic rings. The summed E-state index contributed by atoms with van der Waals surface area (Å²) in [5, 5.41) is 0.133. The van der Waals surface area contributed by atoms with Crippen LogP contribution >= 0.6 is 11.8 Å². The fourth-order valence-electron chi connectivity index (χ4n) is 1.20. The van der Waals surface area contributed by atoms with Gasteiger partial charge in [-0.2, -0.15) is 0 Å². The molecule has 1 atom stereocenters. The van der Waals surface area contributed by atoms with Crippen molar-refractivity contribution in [1.29, 1.82) is 0 Å². The molecule has 14 heavy (non-hydrogen) atoms. The van der Waals surface area contributed by atoms with E-state index in [2.05, 4.69) is 12.1 Å². The lowest BCUT2D eigenvalue weighted by atomic mass is 10.1. The van der Waals surface area contributed by atoms with Crippen molar-refractivity contribution in [3.8, 4) is 0 Å². The van der Waals surface area contributed by atoms with Gasteiger partial charge < -0.3 is 5.73 Å². The van der Waals surface area contributed by atoms with Crippen molar-refractivity contribution < 1.29 is 4.79 Å². The van der Waals surface area contributed by atoms with Crippen molar-refractivity contribution in [2.24, 2.45) is 5.73 Å². The molecule has 0 saturated carbocycles. The summed E-state index contributed by atoms with van der Waals surface area (Å²) in [5.74, 6) is 0.699. The lowest BCUT2D eigenvalue weighted by molar-refractivity contribution is -0.109. The lowest BCUT2D eigenvalue weighted by Crippen LogP contribution is -2.26. The highest BCUT2D eigenvalue weighted by Gasteiger charge is 2.05. The van der Waals surface area contributed by atoms with Gasteiger partial charge in [0.05, 0.1) is 0 Å². The molecule has 0 heterocycles. The van der Waals surface area contributed by atoms with Crippen molar-refractivity contribution in [1.82, 2.24) is 0 Å². The fraction of sp³-hybridized carbons (Fsp3) is 0.364. The maximum absolute atomic E-state index is 10.7. The Hall–Kier alpha value is -0.800. The molecule has 0 spiro atoms. The van der Waals surface area contributed by atoms with Gasteiger partial charge in [0, 0.05) is 18.7 Å². The van der Waals surface area contributed by atoms with E-state index in [9.17, 15) is 4.79 Å². The first-order chi connectivity index (χ1) is 6.68. The first kappa shape index (κ1) is 11.3. The van der Waals surface area contributed by atoms with Crippen LogP contribution in [-0.2, 0) is 11.2 Å². The number of carbonyl (C=O) groups excluding carboxylic acids is 1. The van der Waals surface area contributed by atoms with E-state index in [0.29, 0.717) is 5.75 Å². The maximum atomic E-state index is 10.7. The van der Waals surface area contributed by atoms with Gasteiger partial charge in [0.15, 0.2) is 5.12 Å². The van der Waals surface area contributed by atoms with E-state index in [1.807, 2.05) is 18.2 Å². The minimum atomic E-state index is 0.0614. The maximum Gasteiger partial charge on any atom is 0.185 e. The summed E-state index contributed by atoms with van der Waals surface area (Å²) >= 11 is 1.29. The summed E-state index contributed by atoms with van der Waals surface area (Å²) < 4.78 is 0. The van der Waals surface area contributed by atoms with E-state index in [0.717, 1.165) is 6.42 Å². The Bertz CT molecular complexity index is 287. The predicted octanol–water partition coefficient (Wildman–Crippen LogP) is 1.84. The highest BCUT2D eigenvalue weighted by Crippen LogP contribution is 2.07. The highest BCUT2D eigenvalue weighted by molar-refractivity contribution is 8.13. The Morgan fingerprint density at radius 3 is 2.64 bits per heavy atom. The Balaban J connectivity index is 2.34. The van der Waals surface area contributed by atoms with Gasteiger partial charge in [0.25, 0.3) is 0 Å². The molecule has 2 nitrogen and oxygen atoms in total. The Morgan fingerprint density at radius 1 is 1.43 bits per heavy atom. The molecular weight excluding hydrogens is 194 g/mol. The van der Waals surface area contributed by atoms with Gasteiger partial charge >= 0.3 is 0 Å². The Kier molecular flexibility index (Phi) is 4.70. The summed E-state index contributed by atoms with van der Waals surface area (Å²) in [6.45, 7) is 1.57. The molecule has 0 saturated heterocycles. The number of hydrogen-bond donors (Lipinski definition) is 1. The second-order valence-electron chi connectivity index (χ2n) is 3.25. The number of hydrogen-bond acceptors (Lipinski definition) is 3. The smallest absolute Gasteiger partial charge is 0.185 e. The van der Waals surface area contributed by atoms with Gasteiger partial charge in [-0.05, 0) is 12.0 Å². The summed E-state index contributed by atoms with van der Waals surface area (Å²) in [6, 6.07) is 10.2. The first-order valence-corrected chi connectivity index (χ1v) is 5.60. The fourth-order valence-corrected chi connectivity index (χ4v) is 1.77. The van der Waals surface area contributed by atoms with Crippen molar-refractivity contribution in [3.05, 3.63) is 35.9 Å². The van der Waals surface area contributed by atoms with Crippen LogP contribution in [0.5, 0.6) is 0 Å². The van der Waals surface area contributed by atoms with E-state index in [1.165, 1.54) is 17.3 Å². The Morgan fingerprint density at radius 2 is 2.07 bits per heavy atom. The molecule has 2 N–H and O–H groups in total. The van der Waals surface area contributed by atoms with Crippen molar-refractivity contribution in [3.63, 3.8) is 0 Å². The first-order valence-electron chi connectivity index (χ1n) is 4.61. The second-order valence-corrected chi connectivity index (χ2v) is 4.45. The van der Waals surface area contributed by atoms with Gasteiger partial charge in [-0.3, -0.25) is 4.79 Å². The molecule has 76 valence electrons. The highest BCUT2D eigenvalue weighted by atomic mass is 32.2. The Labute approximate surface area is 88.9 Å². The van der Waals surface area contributed by atoms with E-state index < -0.39 is 0 Å². The van der Waals surface area contributed by atoms with Crippen LogP contribution in [-0.4, -0.2) is 16.9 Å². The summed E-state index contributed by atoms with van der Waals surface area (Å²) in [6.07, 6.45) is 0.834. The van der Waals surface area contributed by atoms with Gasteiger partial charge in [-0.15, -0.1) is 0 Å². The molecule has 0 fully saturated rings. The topological polar surface area (TPSA) is 43.1 Å². The number of thioether (sulfide) groups is 1. The predicted molar refractivity (Wildman–Crippen MR) is 61.3 cm³/mol. The third-order valence-electron chi connectivity index (χ3n) is 1.84. The molecule has 1 rings (SSSR count). The molecule has 1 aromatic carbocycles. The molecular formula is C11H15NOS. The van der Waals surface area contributed by atoms with E-state index in [1.54, 1.807) is 6.92 Å². The summed E-state index contributed by atoms with van der Waals surface area (Å²) in [7, 11) is 0. The largest absolute Gasteiger partial charge is 0.327 e. The summed E-state index contributed by atoms with van der Waals surface area (Å²) in [5.41, 5.74) is 7.11. The number of nitrogens with two attached hydrogens (primary N) is 1. The zero-order valence-corrected chi connectivity index (χ0v) is 9.09. The minimum absolute atomic E-state index is 0.0614. The molecule has 0 aliphatic carbocycles. The normalized spacial score (nSPS) is 12.4. The quantitative estimate of drug-likeness (QED) is 0.822. The molecule has 3 heteroatoms. The SMILES string of the molecule is CC(=O)SC[C@@H](N)Cc1ccccc1. The van der Waals surface area contributed by atoms with Crippen molar-refractivity contribution in [2.45, 2.75) is 19.4 Å². The van der Waals surface area contributed by atoms with Gasteiger partial charge in [-0.1, -0.05) is 42.1 Å². The number of benzene rings is 1. The molecule has 0 aromatic heterocycles. The molecule has 0 amide bonds. The van der Waals surface area contributed by atoms with Crippen LogP contribution in [0.25, 0.3) is 0 Å². The van der Waals surface area contributed by atoms with Crippen molar-refractivity contribution >= 4 is 16.9 Å². The van der Waals surface area contributed by atoms with E-state index in [-0.39, 0.29) is 11.2 Å². The van der Waals surface area contributed by atoms with E-state index in [4.69, 9.17) is 5.73 Å². The van der Waals surface area contributed by atoms with Gasteiger partial charge in [-0.25, -0.2) is 0 Å². The number of carbonyl (C=O) groups is 1. The van der Waals surface area contributed by atoms with Gasteiger partial charge in [0.2, 0.25) is 0 Å². The zero-order valence-electron chi connectivity index (χ0n) is 8.27. The minimum Gasteiger partial charge on any atom is -0.327 e. The lowest BCUT2D eigenvalue weighted by Gasteiger charge is -2.09. The van der Waals surface area contributed by atoms with Crippen LogP contribution in [0.4, 0.5) is 0 Å². The molecule has 0 bridgehead atoms. The van der Waals surface area contributed by atoms with Crippen LogP contribution in [0.3, 0.4) is 0 Å². The third-order valence-corrected chi connectivity index (χ3v) is 2.84. The average Bonchev–Trinajstić information content (AvgIpc) is 2.16. The zero-order chi connectivity index (χ0) is 10.4. The standard InChI is InChI=1S/C11H15NOS/c1-9(13)14-8-11(12)7-10-5-3-2-4-6-10/h2-6,11H,7-8,12H2,1H3/t11-/m0/s1. The van der Waals surface area contributed by atoms with E-state index >= 15 is 0 Å². The number of rotatable bonds is 4. The molecule has 1 aromatic rings. The molecule has 0 unspecified atom stereocenters. The monoisotopic (exact) mass is 209 g/mol. The van der Waals surface area contributed by atoms with Gasteiger partial charge in [0.1, 0.15) is 0 Å². The van der Waals surface area contributed by atoms with Crippen LogP contribution < -0.4 is 5.73 Å². The van der Waals surface area contributed by atoms with Crippen LogP contribution in [0.1, 0.15) is 12.5 Å². The van der Waals surface area contributed by atoms with Crippen LogP contribution in [0.2, 0.25) is 0 Å². The third kappa shape index (κ3) is 4.44. The average molecular weight is 209 g/mol. The van der Waals surface area contributed by atoms with Crippen LogP contribution in [0.15, 0.2) is 30.3 Å². The molecule has 0 radical (unpaired) electrons. The van der Waals surface area contributed by atoms with Crippen LogP contribution in [0, 0.1) is 0 Å². The van der Waals surface area contributed by atoms with Crippen molar-refractivity contribution in [2.75, 3.05) is 5.75 Å². The summed E-state index contributed by atoms with van der Waals surface area (Å²) in [4.78, 5) is 10.7. The second kappa shape index (κ2) is 5.83.